The Morgan fingerprint density at radius 1 is 1.41 bits per heavy atom. The van der Waals surface area contributed by atoms with Crippen LogP contribution in [0.5, 0.6) is 0 Å². The molecular formula is C18H24ClFN2. The van der Waals surface area contributed by atoms with Crippen LogP contribution in [-0.2, 0) is 6.42 Å². The lowest BCUT2D eigenvalue weighted by atomic mass is 9.86. The van der Waals surface area contributed by atoms with Gasteiger partial charge in [-0.05, 0) is 61.9 Å². The van der Waals surface area contributed by atoms with E-state index in [4.69, 9.17) is 11.6 Å². The fourth-order valence-electron chi connectivity index (χ4n) is 2.83. The number of aliphatic imine (C=N–C) groups is 1. The van der Waals surface area contributed by atoms with E-state index in [-0.39, 0.29) is 11.4 Å². The Bertz CT molecular complexity index is 605. The van der Waals surface area contributed by atoms with Crippen LogP contribution >= 0.6 is 11.6 Å². The Morgan fingerprint density at radius 3 is 2.73 bits per heavy atom. The van der Waals surface area contributed by atoms with E-state index in [0.717, 1.165) is 24.1 Å². The number of nitrogens with one attached hydrogen (secondary N) is 1. The normalized spacial score (nSPS) is 16.3. The molecule has 1 aliphatic heterocycles. The average Bonchev–Trinajstić information content (AvgIpc) is 2.84. The molecule has 1 unspecified atom stereocenters. The number of allylic oxidation sites excluding steroid dienone is 1. The Labute approximate surface area is 137 Å². The van der Waals surface area contributed by atoms with Gasteiger partial charge in [0, 0.05) is 11.2 Å². The number of nitrogens with zero attached hydrogens (tertiary/aromatic N) is 1. The second kappa shape index (κ2) is 6.82. The standard InChI is InChI=1S/C18H24ClFN2/c1-5-12(2)16-8-14(20)7-6-13(16)10-18(3,4)22-15-9-17(19)21-11-15/h6-9,12,22H,5,10-11H2,1-4H3. The smallest absolute Gasteiger partial charge is 0.125 e. The molecule has 120 valence electrons. The summed E-state index contributed by atoms with van der Waals surface area (Å²) < 4.78 is 13.6. The molecule has 1 aromatic carbocycles. The first kappa shape index (κ1) is 17.0. The zero-order valence-corrected chi connectivity index (χ0v) is 14.5. The van der Waals surface area contributed by atoms with Gasteiger partial charge in [-0.1, -0.05) is 31.5 Å². The first-order valence-electron chi connectivity index (χ1n) is 7.78. The van der Waals surface area contributed by atoms with Crippen molar-refractivity contribution in [3.8, 4) is 0 Å². The van der Waals surface area contributed by atoms with E-state index in [2.05, 4.69) is 38.0 Å². The van der Waals surface area contributed by atoms with Crippen molar-refractivity contribution >= 4 is 16.8 Å². The third kappa shape index (κ3) is 4.33. The fourth-order valence-corrected chi connectivity index (χ4v) is 3.02. The molecule has 1 aliphatic rings. The van der Waals surface area contributed by atoms with E-state index < -0.39 is 0 Å². The average molecular weight is 323 g/mol. The predicted octanol–water partition coefficient (Wildman–Crippen LogP) is 4.78. The van der Waals surface area contributed by atoms with Gasteiger partial charge in [-0.3, -0.25) is 4.99 Å². The van der Waals surface area contributed by atoms with Crippen LogP contribution in [-0.4, -0.2) is 17.3 Å². The van der Waals surface area contributed by atoms with Crippen molar-refractivity contribution in [1.82, 2.24) is 5.32 Å². The first-order valence-corrected chi connectivity index (χ1v) is 8.15. The van der Waals surface area contributed by atoms with E-state index in [1.165, 1.54) is 5.56 Å². The Kier molecular flexibility index (Phi) is 5.28. The summed E-state index contributed by atoms with van der Waals surface area (Å²) in [5.74, 6) is 0.188. The molecule has 0 aromatic heterocycles. The van der Waals surface area contributed by atoms with Crippen LogP contribution in [0.2, 0.25) is 0 Å². The maximum Gasteiger partial charge on any atom is 0.125 e. The Hall–Kier alpha value is -1.35. The highest BCUT2D eigenvalue weighted by Crippen LogP contribution is 2.27. The fraction of sp³-hybridized carbons (Fsp3) is 0.500. The molecule has 4 heteroatoms. The monoisotopic (exact) mass is 322 g/mol. The van der Waals surface area contributed by atoms with Gasteiger partial charge >= 0.3 is 0 Å². The van der Waals surface area contributed by atoms with Gasteiger partial charge in [0.2, 0.25) is 0 Å². The third-order valence-electron chi connectivity index (χ3n) is 4.08. The van der Waals surface area contributed by atoms with Gasteiger partial charge in [-0.2, -0.15) is 0 Å². The lowest BCUT2D eigenvalue weighted by Crippen LogP contribution is -2.41. The summed E-state index contributed by atoms with van der Waals surface area (Å²) in [5.41, 5.74) is 3.18. The first-order chi connectivity index (χ1) is 10.3. The number of halogens is 2. The van der Waals surface area contributed by atoms with Crippen LogP contribution in [0.15, 0.2) is 35.0 Å². The van der Waals surface area contributed by atoms with Crippen molar-refractivity contribution in [2.75, 3.05) is 6.54 Å². The maximum atomic E-state index is 13.6. The molecule has 2 nitrogen and oxygen atoms in total. The summed E-state index contributed by atoms with van der Waals surface area (Å²) in [6.07, 6.45) is 3.68. The topological polar surface area (TPSA) is 24.4 Å². The summed E-state index contributed by atoms with van der Waals surface area (Å²) in [7, 11) is 0. The van der Waals surface area contributed by atoms with Crippen molar-refractivity contribution in [3.05, 3.63) is 46.9 Å². The summed E-state index contributed by atoms with van der Waals surface area (Å²) in [4.78, 5) is 4.16. The van der Waals surface area contributed by atoms with Crippen molar-refractivity contribution in [1.29, 1.82) is 0 Å². The zero-order valence-electron chi connectivity index (χ0n) is 13.7. The molecule has 0 saturated heterocycles. The molecule has 2 rings (SSSR count). The Balaban J connectivity index is 2.16. The van der Waals surface area contributed by atoms with Gasteiger partial charge in [0.15, 0.2) is 0 Å². The molecule has 0 amide bonds. The van der Waals surface area contributed by atoms with E-state index in [1.807, 2.05) is 12.1 Å². The molecular weight excluding hydrogens is 299 g/mol. The molecule has 1 heterocycles. The zero-order chi connectivity index (χ0) is 16.3. The quantitative estimate of drug-likeness (QED) is 0.800. The highest BCUT2D eigenvalue weighted by atomic mass is 35.5. The van der Waals surface area contributed by atoms with Gasteiger partial charge in [0.05, 0.1) is 6.54 Å². The van der Waals surface area contributed by atoms with E-state index in [0.29, 0.717) is 17.6 Å². The third-order valence-corrected chi connectivity index (χ3v) is 4.30. The molecule has 0 fully saturated rings. The van der Waals surface area contributed by atoms with Crippen LogP contribution in [0.3, 0.4) is 0 Å². The van der Waals surface area contributed by atoms with Crippen LogP contribution < -0.4 is 5.32 Å². The second-order valence-electron chi connectivity index (χ2n) is 6.65. The molecule has 0 bridgehead atoms. The molecule has 0 saturated carbocycles. The molecule has 1 N–H and O–H groups in total. The number of rotatable bonds is 6. The van der Waals surface area contributed by atoms with Crippen LogP contribution in [0.4, 0.5) is 4.39 Å². The van der Waals surface area contributed by atoms with E-state index in [9.17, 15) is 4.39 Å². The molecule has 1 atom stereocenters. The lowest BCUT2D eigenvalue weighted by Gasteiger charge is -2.30. The minimum Gasteiger partial charge on any atom is -0.382 e. The van der Waals surface area contributed by atoms with Crippen molar-refractivity contribution in [2.24, 2.45) is 4.99 Å². The predicted molar refractivity (Wildman–Crippen MR) is 92.3 cm³/mol. The largest absolute Gasteiger partial charge is 0.382 e. The number of hydrogen-bond donors (Lipinski definition) is 1. The molecule has 22 heavy (non-hydrogen) atoms. The molecule has 0 radical (unpaired) electrons. The van der Waals surface area contributed by atoms with Gasteiger partial charge in [-0.25, -0.2) is 4.39 Å². The van der Waals surface area contributed by atoms with Crippen LogP contribution in [0, 0.1) is 5.82 Å². The number of hydrogen-bond acceptors (Lipinski definition) is 2. The molecule has 0 spiro atoms. The summed E-state index contributed by atoms with van der Waals surface area (Å²) in [6, 6.07) is 5.13. The van der Waals surface area contributed by atoms with Gasteiger partial charge in [-0.15, -0.1) is 0 Å². The van der Waals surface area contributed by atoms with Gasteiger partial charge in [0.1, 0.15) is 11.0 Å². The maximum absolute atomic E-state index is 13.6. The van der Waals surface area contributed by atoms with Gasteiger partial charge in [0.25, 0.3) is 0 Å². The minimum absolute atomic E-state index is 0.150. The van der Waals surface area contributed by atoms with Crippen LogP contribution in [0.25, 0.3) is 0 Å². The van der Waals surface area contributed by atoms with Crippen molar-refractivity contribution < 1.29 is 4.39 Å². The highest BCUT2D eigenvalue weighted by molar-refractivity contribution is 6.68. The summed E-state index contributed by atoms with van der Waals surface area (Å²) >= 11 is 5.89. The SMILES string of the molecule is CCC(C)c1cc(F)ccc1CC(C)(C)NC1=CC(Cl)=NC1. The summed E-state index contributed by atoms with van der Waals surface area (Å²) in [6.45, 7) is 9.16. The van der Waals surface area contributed by atoms with Crippen molar-refractivity contribution in [2.45, 2.75) is 52.0 Å². The van der Waals surface area contributed by atoms with E-state index in [1.54, 1.807) is 12.1 Å². The minimum atomic E-state index is -0.163. The molecule has 0 aliphatic carbocycles. The molecule has 1 aromatic rings. The van der Waals surface area contributed by atoms with E-state index >= 15 is 0 Å². The lowest BCUT2D eigenvalue weighted by molar-refractivity contribution is 0.421. The summed E-state index contributed by atoms with van der Waals surface area (Å²) in [5, 5.41) is 4.04. The Morgan fingerprint density at radius 2 is 2.14 bits per heavy atom. The van der Waals surface area contributed by atoms with Crippen molar-refractivity contribution in [3.63, 3.8) is 0 Å². The van der Waals surface area contributed by atoms with Gasteiger partial charge < -0.3 is 5.32 Å². The van der Waals surface area contributed by atoms with Crippen LogP contribution in [0.1, 0.15) is 51.2 Å². The highest BCUT2D eigenvalue weighted by Gasteiger charge is 2.23. The second-order valence-corrected chi connectivity index (χ2v) is 7.03. The number of benzene rings is 1.